The second-order valence-corrected chi connectivity index (χ2v) is 0. The first-order valence-electron chi connectivity index (χ1n) is 0. The molecule has 0 radical (unpaired) electrons. The Morgan fingerprint density at radius 3 is 0.400 bits per heavy atom. The van der Waals surface area contributed by atoms with Crippen LogP contribution in [0.15, 0.2) is 0 Å². The fourth-order valence-corrected chi connectivity index (χ4v) is 0. The van der Waals surface area contributed by atoms with Crippen molar-refractivity contribution in [3.05, 3.63) is 0 Å². The van der Waals surface area contributed by atoms with Crippen LogP contribution in [0.25, 0.3) is 0 Å². The van der Waals surface area contributed by atoms with Crippen molar-refractivity contribution in [1.82, 2.24) is 0 Å². The summed E-state index contributed by atoms with van der Waals surface area (Å²) in [4.78, 5) is 0. The van der Waals surface area contributed by atoms with Crippen LogP contribution >= 0.6 is 0 Å². The van der Waals surface area contributed by atoms with E-state index in [0.717, 1.165) is 0 Å². The first-order valence-corrected chi connectivity index (χ1v) is 0. The van der Waals surface area contributed by atoms with Crippen molar-refractivity contribution in [2.45, 2.75) is 0 Å². The van der Waals surface area contributed by atoms with E-state index in [1.807, 2.05) is 0 Å². The van der Waals surface area contributed by atoms with Crippen LogP contribution in [0, 0.1) is 0 Å². The summed E-state index contributed by atoms with van der Waals surface area (Å²) in [5.41, 5.74) is 0. The summed E-state index contributed by atoms with van der Waals surface area (Å²) < 4.78 is 0. The molecular weight excluding hydrogens is 450 g/mol. The molecule has 0 bridgehead atoms. The third-order valence-corrected chi connectivity index (χ3v) is 0. The smallest absolute Gasteiger partial charge is 0 e. The molecule has 0 heterocycles. The van der Waals surface area contributed by atoms with Gasteiger partial charge in [-0.25, -0.2) is 0 Å². The molecule has 0 aliphatic carbocycles. The molecule has 0 aliphatic heterocycles. The van der Waals surface area contributed by atoms with E-state index in [0.29, 0.717) is 0 Å². The third kappa shape index (κ3) is 18.8. The first kappa shape index (κ1) is 40.4. The van der Waals surface area contributed by atoms with Gasteiger partial charge in [0.2, 0.25) is 0 Å². The molecule has 0 N–H and O–H groups in total. The Morgan fingerprint density at radius 2 is 0.400 bits per heavy atom. The Bertz CT molecular complexity index is 4.85. The summed E-state index contributed by atoms with van der Waals surface area (Å²) in [5, 5.41) is 0. The van der Waals surface area contributed by atoms with Crippen molar-refractivity contribution in [1.29, 1.82) is 0 Å². The van der Waals surface area contributed by atoms with Gasteiger partial charge in [0.1, 0.15) is 0 Å². The molecule has 5 heteroatoms. The minimum atomic E-state index is 0. The van der Waals surface area contributed by atoms with Crippen molar-refractivity contribution in [3.8, 4) is 0 Å². The molecule has 0 spiro atoms. The summed E-state index contributed by atoms with van der Waals surface area (Å²) in [6, 6.07) is 0. The minimum Gasteiger partial charge on any atom is -1.00 e. The van der Waals surface area contributed by atoms with Gasteiger partial charge in [0.25, 0.3) is 0 Å². The Balaban J connectivity index is 0. The molecule has 0 rings (SSSR count). The maximum atomic E-state index is 0. The molecule has 0 saturated heterocycles. The predicted octanol–water partition coefficient (Wildman–Crippen LogP) is -6.00. The monoisotopic (exact) mass is 446 g/mol. The van der Waals surface area contributed by atoms with E-state index in [9.17, 15) is 0 Å². The zero-order valence-electron chi connectivity index (χ0n) is 2.88. The van der Waals surface area contributed by atoms with E-state index < -0.39 is 0 Å². The molecule has 0 amide bonds. The molecule has 0 aromatic rings. The first-order chi connectivity index (χ1) is 0. The molecule has 0 unspecified atom stereocenters. The maximum absolute atomic E-state index is 0. The van der Waals surface area contributed by atoms with Gasteiger partial charge in [0, 0.05) is 58.4 Å². The summed E-state index contributed by atoms with van der Waals surface area (Å²) in [5.74, 6) is 0. The molecule has 0 aromatic heterocycles. The Kier molecular flexibility index (Phi) is 214. The van der Waals surface area contributed by atoms with Gasteiger partial charge in [0.15, 0.2) is 0 Å². The van der Waals surface area contributed by atoms with Crippen LogP contribution in [-0.2, 0) is 58.4 Å². The maximum Gasteiger partial charge on any atom is 0 e. The molecule has 5 heavy (non-hydrogen) atoms. The Morgan fingerprint density at radius 1 is 0.400 bits per heavy atom. The molecule has 22 valence electrons. The minimum absolute atomic E-state index is 0. The van der Waals surface area contributed by atoms with Crippen molar-refractivity contribution in [2.75, 3.05) is 0 Å². The van der Waals surface area contributed by atoms with Gasteiger partial charge in [-0.15, -0.1) is 0 Å². The molecule has 0 nitrogen and oxygen atoms in total. The van der Waals surface area contributed by atoms with Gasteiger partial charge in [-0.2, -0.15) is 0 Å². The normalized spacial score (nSPS) is 0. The van der Waals surface area contributed by atoms with Crippen LogP contribution in [0.5, 0.6) is 0 Å². The number of hydrogen-bond acceptors (Lipinski definition) is 0. The van der Waals surface area contributed by atoms with E-state index in [4.69, 9.17) is 0 Å². The quantitative estimate of drug-likeness (QED) is 0.255. The topological polar surface area (TPSA) is 0 Å². The van der Waals surface area contributed by atoms with E-state index in [2.05, 4.69) is 0 Å². The van der Waals surface area contributed by atoms with Crippen LogP contribution in [0.2, 0.25) is 0 Å². The van der Waals surface area contributed by atoms with Crippen LogP contribution in [0.3, 0.4) is 0 Å². The predicted molar refractivity (Wildman–Crippen MR) is 0 cm³/mol. The third-order valence-electron chi connectivity index (χ3n) is 0. The number of rotatable bonds is 0. The molecular formula is I2Zn3-2. The van der Waals surface area contributed by atoms with E-state index in [1.165, 1.54) is 0 Å². The second kappa shape index (κ2) is 26.5. The average molecular weight is 450 g/mol. The average Bonchev–Trinajstić information content (AvgIpc) is 0. The summed E-state index contributed by atoms with van der Waals surface area (Å²) in [6.45, 7) is 0. The standard InChI is InChI=1S/2HI.3Zn/h2*1H;;;/p-2. The zero-order valence-corrected chi connectivity index (χ0v) is 16.1. The van der Waals surface area contributed by atoms with E-state index in [-0.39, 0.29) is 106 Å². The van der Waals surface area contributed by atoms with Gasteiger partial charge >= 0.3 is 0 Å². The SMILES string of the molecule is [I-].[I-].[Zn].[Zn].[Zn]. The van der Waals surface area contributed by atoms with E-state index >= 15 is 0 Å². The van der Waals surface area contributed by atoms with Crippen molar-refractivity contribution >= 4 is 0 Å². The van der Waals surface area contributed by atoms with Crippen molar-refractivity contribution in [2.24, 2.45) is 0 Å². The van der Waals surface area contributed by atoms with Gasteiger partial charge in [0.05, 0.1) is 0 Å². The molecule has 0 atom stereocenters. The van der Waals surface area contributed by atoms with Crippen LogP contribution in [-0.4, -0.2) is 0 Å². The van der Waals surface area contributed by atoms with Crippen molar-refractivity contribution in [3.63, 3.8) is 0 Å². The fraction of sp³-hybridized carbons (Fsp3) is 0. The van der Waals surface area contributed by atoms with Gasteiger partial charge in [-0.1, -0.05) is 0 Å². The van der Waals surface area contributed by atoms with Crippen LogP contribution in [0.4, 0.5) is 0 Å². The van der Waals surface area contributed by atoms with E-state index in [1.54, 1.807) is 0 Å². The second-order valence-electron chi connectivity index (χ2n) is 0. The zero-order chi connectivity index (χ0) is 0. The number of hydrogen-bond donors (Lipinski definition) is 0. The molecule has 0 fully saturated rings. The van der Waals surface area contributed by atoms with Gasteiger partial charge < -0.3 is 48.0 Å². The summed E-state index contributed by atoms with van der Waals surface area (Å²) >= 11 is 0. The summed E-state index contributed by atoms with van der Waals surface area (Å²) in [6.07, 6.45) is 0. The fourth-order valence-electron chi connectivity index (χ4n) is 0. The molecule has 0 aliphatic rings. The van der Waals surface area contributed by atoms with Crippen LogP contribution in [0.1, 0.15) is 0 Å². The molecule has 0 aromatic carbocycles. The molecule has 0 saturated carbocycles. The van der Waals surface area contributed by atoms with Gasteiger partial charge in [-0.05, 0) is 0 Å². The summed E-state index contributed by atoms with van der Waals surface area (Å²) in [7, 11) is 0. The van der Waals surface area contributed by atoms with Crippen LogP contribution < -0.4 is 48.0 Å². The number of halogens is 2. The van der Waals surface area contributed by atoms with Crippen molar-refractivity contribution < 1.29 is 106 Å². The Hall–Kier alpha value is 3.33. The largest absolute Gasteiger partial charge is 1.00 e. The Labute approximate surface area is 104 Å². The van der Waals surface area contributed by atoms with Gasteiger partial charge in [-0.3, -0.25) is 0 Å².